The molecule has 0 saturated carbocycles. The summed E-state index contributed by atoms with van der Waals surface area (Å²) < 4.78 is 0. The lowest BCUT2D eigenvalue weighted by Gasteiger charge is -2.13. The Hall–Kier alpha value is -1.31. The van der Waals surface area contributed by atoms with Crippen molar-refractivity contribution in [1.29, 1.82) is 0 Å². The van der Waals surface area contributed by atoms with Gasteiger partial charge in [-0.25, -0.2) is 0 Å². The molecule has 0 spiro atoms. The highest BCUT2D eigenvalue weighted by atomic mass is 16.6. The predicted molar refractivity (Wildman–Crippen MR) is 57.3 cm³/mol. The minimum Gasteiger partial charge on any atom is -0.395 e. The van der Waals surface area contributed by atoms with Crippen LogP contribution in [-0.4, -0.2) is 12.3 Å². The van der Waals surface area contributed by atoms with Gasteiger partial charge in [0.25, 0.3) is 0 Å². The van der Waals surface area contributed by atoms with Gasteiger partial charge in [0, 0.05) is 5.92 Å². The van der Waals surface area contributed by atoms with E-state index in [4.69, 9.17) is 4.84 Å². The van der Waals surface area contributed by atoms with E-state index in [0.717, 1.165) is 12.3 Å². The topological polar surface area (TPSA) is 21.6 Å². The minimum absolute atomic E-state index is 0.442. The van der Waals surface area contributed by atoms with Crippen LogP contribution in [0.1, 0.15) is 19.4 Å². The maximum Gasteiger partial charge on any atom is 0.125 e. The van der Waals surface area contributed by atoms with E-state index < -0.39 is 0 Å². The van der Waals surface area contributed by atoms with Crippen molar-refractivity contribution in [2.45, 2.75) is 13.8 Å². The quantitative estimate of drug-likeness (QED) is 0.701. The summed E-state index contributed by atoms with van der Waals surface area (Å²) in [7, 11) is 0. The summed E-state index contributed by atoms with van der Waals surface area (Å²) in [5.41, 5.74) is 2.28. The van der Waals surface area contributed by atoms with E-state index in [1.165, 1.54) is 5.56 Å². The molecule has 1 unspecified atom stereocenters. The molecule has 1 aromatic rings. The molecule has 1 aliphatic rings. The molecule has 1 aliphatic heterocycles. The Bertz CT molecular complexity index is 329. The van der Waals surface area contributed by atoms with Crippen molar-refractivity contribution in [3.05, 3.63) is 35.9 Å². The van der Waals surface area contributed by atoms with Crippen LogP contribution in [0.25, 0.3) is 0 Å². The van der Waals surface area contributed by atoms with Crippen LogP contribution in [0.4, 0.5) is 0 Å². The molecule has 0 radical (unpaired) electrons. The number of hydrogen-bond donors (Lipinski definition) is 0. The lowest BCUT2D eigenvalue weighted by atomic mass is 9.88. The Labute approximate surface area is 84.6 Å². The van der Waals surface area contributed by atoms with Crippen LogP contribution in [0, 0.1) is 11.8 Å². The van der Waals surface area contributed by atoms with Gasteiger partial charge in [0.2, 0.25) is 0 Å². The highest BCUT2D eigenvalue weighted by Crippen LogP contribution is 2.23. The normalized spacial score (nSPS) is 20.8. The van der Waals surface area contributed by atoms with Gasteiger partial charge in [-0.15, -0.1) is 0 Å². The van der Waals surface area contributed by atoms with Gasteiger partial charge in [0.15, 0.2) is 0 Å². The van der Waals surface area contributed by atoms with Gasteiger partial charge in [-0.3, -0.25) is 0 Å². The van der Waals surface area contributed by atoms with Gasteiger partial charge in [-0.05, 0) is 11.5 Å². The Morgan fingerprint density at radius 3 is 2.64 bits per heavy atom. The number of oxime groups is 1. The fourth-order valence-corrected chi connectivity index (χ4v) is 1.72. The van der Waals surface area contributed by atoms with E-state index in [0.29, 0.717) is 11.8 Å². The molecule has 0 fully saturated rings. The zero-order valence-electron chi connectivity index (χ0n) is 8.60. The monoisotopic (exact) mass is 189 g/mol. The van der Waals surface area contributed by atoms with Gasteiger partial charge in [0.05, 0.1) is 5.71 Å². The van der Waals surface area contributed by atoms with Crippen molar-refractivity contribution >= 4 is 5.71 Å². The van der Waals surface area contributed by atoms with Crippen molar-refractivity contribution in [3.63, 3.8) is 0 Å². The summed E-state index contributed by atoms with van der Waals surface area (Å²) in [6.07, 6.45) is 0. The van der Waals surface area contributed by atoms with E-state index in [1.54, 1.807) is 0 Å². The standard InChI is InChI=1S/C12H15NO/c1-9(2)11-8-14-13-12(11)10-6-4-3-5-7-10/h3-7,9,11H,8H2,1-2H3. The van der Waals surface area contributed by atoms with Crippen molar-refractivity contribution in [2.75, 3.05) is 6.61 Å². The zero-order chi connectivity index (χ0) is 9.97. The first-order valence-corrected chi connectivity index (χ1v) is 5.04. The van der Waals surface area contributed by atoms with Gasteiger partial charge in [-0.1, -0.05) is 49.3 Å². The lowest BCUT2D eigenvalue weighted by Crippen LogP contribution is -2.20. The molecule has 74 valence electrons. The highest BCUT2D eigenvalue weighted by Gasteiger charge is 2.27. The van der Waals surface area contributed by atoms with Gasteiger partial charge >= 0.3 is 0 Å². The fourth-order valence-electron chi connectivity index (χ4n) is 1.72. The summed E-state index contributed by atoms with van der Waals surface area (Å²) in [5.74, 6) is 1.02. The molecule has 14 heavy (non-hydrogen) atoms. The summed E-state index contributed by atoms with van der Waals surface area (Å²) in [4.78, 5) is 5.17. The number of benzene rings is 1. The Morgan fingerprint density at radius 2 is 2.00 bits per heavy atom. The Kier molecular flexibility index (Phi) is 2.53. The number of nitrogens with zero attached hydrogens (tertiary/aromatic N) is 1. The summed E-state index contributed by atoms with van der Waals surface area (Å²) >= 11 is 0. The van der Waals surface area contributed by atoms with Crippen molar-refractivity contribution in [3.8, 4) is 0 Å². The maximum atomic E-state index is 5.17. The molecule has 1 aromatic carbocycles. The largest absolute Gasteiger partial charge is 0.395 e. The van der Waals surface area contributed by atoms with Crippen molar-refractivity contribution in [1.82, 2.24) is 0 Å². The predicted octanol–water partition coefficient (Wildman–Crippen LogP) is 2.69. The van der Waals surface area contributed by atoms with Gasteiger partial charge < -0.3 is 4.84 Å². The third-order valence-corrected chi connectivity index (χ3v) is 2.64. The van der Waals surface area contributed by atoms with E-state index in [1.807, 2.05) is 18.2 Å². The summed E-state index contributed by atoms with van der Waals surface area (Å²) in [6.45, 7) is 5.14. The minimum atomic E-state index is 0.442. The molecule has 0 aliphatic carbocycles. The van der Waals surface area contributed by atoms with E-state index in [9.17, 15) is 0 Å². The first-order valence-electron chi connectivity index (χ1n) is 5.04. The third-order valence-electron chi connectivity index (χ3n) is 2.64. The molecular formula is C12H15NO. The van der Waals surface area contributed by atoms with E-state index >= 15 is 0 Å². The van der Waals surface area contributed by atoms with E-state index in [2.05, 4.69) is 31.1 Å². The van der Waals surface area contributed by atoms with Crippen molar-refractivity contribution in [2.24, 2.45) is 17.0 Å². The van der Waals surface area contributed by atoms with Crippen LogP contribution < -0.4 is 0 Å². The Balaban J connectivity index is 2.26. The average Bonchev–Trinajstić information content (AvgIpc) is 2.67. The highest BCUT2D eigenvalue weighted by molar-refractivity contribution is 6.02. The summed E-state index contributed by atoms with van der Waals surface area (Å²) in [6, 6.07) is 10.3. The second kappa shape index (κ2) is 3.82. The molecule has 0 aromatic heterocycles. The first kappa shape index (κ1) is 9.25. The molecule has 1 atom stereocenters. The molecule has 1 heterocycles. The van der Waals surface area contributed by atoms with Crippen molar-refractivity contribution < 1.29 is 4.84 Å². The SMILES string of the molecule is CC(C)C1CON=C1c1ccccc1. The van der Waals surface area contributed by atoms with Crippen LogP contribution >= 0.6 is 0 Å². The molecule has 2 rings (SSSR count). The van der Waals surface area contributed by atoms with Gasteiger partial charge in [-0.2, -0.15) is 0 Å². The molecule has 0 bridgehead atoms. The molecule has 0 saturated heterocycles. The molecule has 2 heteroatoms. The summed E-state index contributed by atoms with van der Waals surface area (Å²) in [5, 5.41) is 4.13. The molecule has 0 N–H and O–H groups in total. The van der Waals surface area contributed by atoms with E-state index in [-0.39, 0.29) is 0 Å². The Morgan fingerprint density at radius 1 is 1.29 bits per heavy atom. The lowest BCUT2D eigenvalue weighted by molar-refractivity contribution is 0.144. The van der Waals surface area contributed by atoms with Crippen LogP contribution in [0.2, 0.25) is 0 Å². The second-order valence-electron chi connectivity index (χ2n) is 3.99. The second-order valence-corrected chi connectivity index (χ2v) is 3.99. The molecule has 2 nitrogen and oxygen atoms in total. The van der Waals surface area contributed by atoms with Crippen LogP contribution in [-0.2, 0) is 4.84 Å². The fraction of sp³-hybridized carbons (Fsp3) is 0.417. The number of hydrogen-bond acceptors (Lipinski definition) is 2. The molecule has 0 amide bonds. The zero-order valence-corrected chi connectivity index (χ0v) is 8.60. The maximum absolute atomic E-state index is 5.17. The van der Waals surface area contributed by atoms with Crippen LogP contribution in [0.5, 0.6) is 0 Å². The molecular weight excluding hydrogens is 174 g/mol. The first-order chi connectivity index (χ1) is 6.79. The number of rotatable bonds is 2. The van der Waals surface area contributed by atoms with Crippen LogP contribution in [0.15, 0.2) is 35.5 Å². The van der Waals surface area contributed by atoms with Gasteiger partial charge in [0.1, 0.15) is 6.61 Å². The smallest absolute Gasteiger partial charge is 0.125 e. The van der Waals surface area contributed by atoms with Crippen LogP contribution in [0.3, 0.4) is 0 Å². The average molecular weight is 189 g/mol. The third kappa shape index (κ3) is 1.65.